The molecule has 3 aromatic rings. The highest BCUT2D eigenvalue weighted by Gasteiger charge is 2.08. The van der Waals surface area contributed by atoms with Crippen molar-refractivity contribution in [3.05, 3.63) is 64.4 Å². The summed E-state index contributed by atoms with van der Waals surface area (Å²) in [5.74, 6) is 0.364. The van der Waals surface area contributed by atoms with Crippen LogP contribution in [0.4, 0.5) is 11.6 Å². The van der Waals surface area contributed by atoms with E-state index in [1.165, 1.54) is 0 Å². The topological polar surface area (TPSA) is 123 Å². The van der Waals surface area contributed by atoms with Gasteiger partial charge < -0.3 is 15.8 Å². The van der Waals surface area contributed by atoms with Crippen LogP contribution in [0.3, 0.4) is 0 Å². The fraction of sp³-hybridized carbons (Fsp3) is 0.0588. The largest absolute Gasteiger partial charge is 0.497 e. The molecule has 0 saturated carbocycles. The number of nitrogens with two attached hydrogens (primary N) is 1. The SMILES string of the molecule is COc1ccc(-c2nnc(Nc3ccc(C(N)=O)cc3)[nH]c2=O)cc1. The van der Waals surface area contributed by atoms with Gasteiger partial charge in [0.25, 0.3) is 5.56 Å². The van der Waals surface area contributed by atoms with Crippen LogP contribution in [-0.4, -0.2) is 28.2 Å². The highest BCUT2D eigenvalue weighted by Crippen LogP contribution is 2.18. The standard InChI is InChI=1S/C17H15N5O3/c1-25-13-8-4-10(5-9-13)14-16(24)20-17(22-21-14)19-12-6-2-11(3-7-12)15(18)23/h2-9H,1H3,(H2,18,23)(H2,19,20,22,24). The number of aromatic amines is 1. The van der Waals surface area contributed by atoms with E-state index in [9.17, 15) is 9.59 Å². The van der Waals surface area contributed by atoms with Gasteiger partial charge in [0.2, 0.25) is 11.9 Å². The Morgan fingerprint density at radius 1 is 1.08 bits per heavy atom. The van der Waals surface area contributed by atoms with Crippen LogP contribution in [0, 0.1) is 0 Å². The van der Waals surface area contributed by atoms with Gasteiger partial charge in [-0.25, -0.2) is 0 Å². The fourth-order valence-electron chi connectivity index (χ4n) is 2.19. The van der Waals surface area contributed by atoms with Gasteiger partial charge in [-0.1, -0.05) is 0 Å². The van der Waals surface area contributed by atoms with Crippen LogP contribution < -0.4 is 21.3 Å². The van der Waals surface area contributed by atoms with E-state index >= 15 is 0 Å². The van der Waals surface area contributed by atoms with Gasteiger partial charge in [0.05, 0.1) is 7.11 Å². The van der Waals surface area contributed by atoms with E-state index in [0.717, 1.165) is 0 Å². The third-order valence-corrected chi connectivity index (χ3v) is 3.49. The molecule has 3 rings (SSSR count). The van der Waals surface area contributed by atoms with Crippen molar-refractivity contribution in [1.82, 2.24) is 15.2 Å². The number of anilines is 2. The van der Waals surface area contributed by atoms with Crippen molar-refractivity contribution in [1.29, 1.82) is 0 Å². The number of ether oxygens (including phenoxy) is 1. The van der Waals surface area contributed by atoms with Crippen LogP contribution in [0.2, 0.25) is 0 Å². The van der Waals surface area contributed by atoms with Gasteiger partial charge in [-0.2, -0.15) is 0 Å². The lowest BCUT2D eigenvalue weighted by atomic mass is 10.1. The zero-order valence-corrected chi connectivity index (χ0v) is 13.3. The van der Waals surface area contributed by atoms with E-state index in [4.69, 9.17) is 10.5 Å². The predicted molar refractivity (Wildman–Crippen MR) is 92.9 cm³/mol. The molecule has 0 aliphatic heterocycles. The molecule has 0 aliphatic rings. The summed E-state index contributed by atoms with van der Waals surface area (Å²) in [4.78, 5) is 25.9. The summed E-state index contributed by atoms with van der Waals surface area (Å²) >= 11 is 0. The first-order valence-electron chi connectivity index (χ1n) is 7.35. The minimum absolute atomic E-state index is 0.189. The van der Waals surface area contributed by atoms with Gasteiger partial charge in [-0.3, -0.25) is 14.6 Å². The maximum atomic E-state index is 12.2. The number of amides is 1. The fourth-order valence-corrected chi connectivity index (χ4v) is 2.19. The van der Waals surface area contributed by atoms with Gasteiger partial charge in [0.1, 0.15) is 5.75 Å². The smallest absolute Gasteiger partial charge is 0.279 e. The second-order valence-electron chi connectivity index (χ2n) is 5.15. The van der Waals surface area contributed by atoms with Crippen molar-refractivity contribution in [2.75, 3.05) is 12.4 Å². The molecule has 8 heteroatoms. The van der Waals surface area contributed by atoms with Crippen LogP contribution in [0.15, 0.2) is 53.3 Å². The molecule has 126 valence electrons. The number of primary amides is 1. The van der Waals surface area contributed by atoms with Crippen LogP contribution in [0.25, 0.3) is 11.3 Å². The molecule has 0 unspecified atom stereocenters. The number of nitrogens with one attached hydrogen (secondary N) is 2. The van der Waals surface area contributed by atoms with Crippen molar-refractivity contribution in [2.24, 2.45) is 5.73 Å². The lowest BCUT2D eigenvalue weighted by Crippen LogP contribution is -2.15. The van der Waals surface area contributed by atoms with E-state index in [0.29, 0.717) is 22.6 Å². The number of nitrogens with zero attached hydrogens (tertiary/aromatic N) is 2. The second-order valence-corrected chi connectivity index (χ2v) is 5.15. The third kappa shape index (κ3) is 3.63. The van der Waals surface area contributed by atoms with Crippen LogP contribution in [0.1, 0.15) is 10.4 Å². The minimum Gasteiger partial charge on any atom is -0.497 e. The van der Waals surface area contributed by atoms with E-state index in [1.54, 1.807) is 55.6 Å². The normalized spacial score (nSPS) is 10.3. The highest BCUT2D eigenvalue weighted by molar-refractivity contribution is 5.93. The number of aromatic nitrogens is 3. The summed E-state index contributed by atoms with van der Waals surface area (Å²) in [5.41, 5.74) is 6.67. The summed E-state index contributed by atoms with van der Waals surface area (Å²) in [6.45, 7) is 0. The van der Waals surface area contributed by atoms with Gasteiger partial charge in [0, 0.05) is 16.8 Å². The zero-order valence-electron chi connectivity index (χ0n) is 13.3. The number of rotatable bonds is 5. The number of carbonyl (C=O) groups excluding carboxylic acids is 1. The molecule has 0 fully saturated rings. The quantitative estimate of drug-likeness (QED) is 0.651. The van der Waals surface area contributed by atoms with Crippen molar-refractivity contribution in [3.8, 4) is 17.0 Å². The van der Waals surface area contributed by atoms with Gasteiger partial charge in [0.15, 0.2) is 5.69 Å². The first-order chi connectivity index (χ1) is 12.1. The van der Waals surface area contributed by atoms with Crippen molar-refractivity contribution >= 4 is 17.5 Å². The summed E-state index contributed by atoms with van der Waals surface area (Å²) < 4.78 is 5.08. The van der Waals surface area contributed by atoms with Gasteiger partial charge >= 0.3 is 0 Å². The average Bonchev–Trinajstić information content (AvgIpc) is 2.62. The molecule has 0 radical (unpaired) electrons. The maximum Gasteiger partial charge on any atom is 0.279 e. The molecular weight excluding hydrogens is 322 g/mol. The molecule has 2 aromatic carbocycles. The van der Waals surface area contributed by atoms with Crippen molar-refractivity contribution in [2.45, 2.75) is 0 Å². The molecule has 25 heavy (non-hydrogen) atoms. The Morgan fingerprint density at radius 3 is 2.32 bits per heavy atom. The summed E-state index contributed by atoms with van der Waals surface area (Å²) in [6, 6.07) is 13.4. The van der Waals surface area contributed by atoms with E-state index in [1.807, 2.05) is 0 Å². The number of hydrogen-bond donors (Lipinski definition) is 3. The van der Waals surface area contributed by atoms with E-state index < -0.39 is 5.91 Å². The van der Waals surface area contributed by atoms with Crippen LogP contribution >= 0.6 is 0 Å². The minimum atomic E-state index is -0.511. The lowest BCUT2D eigenvalue weighted by Gasteiger charge is -2.06. The molecule has 1 heterocycles. The molecule has 1 aromatic heterocycles. The molecule has 0 bridgehead atoms. The Bertz CT molecular complexity index is 949. The summed E-state index contributed by atoms with van der Waals surface area (Å²) in [7, 11) is 1.57. The monoisotopic (exact) mass is 337 g/mol. The first-order valence-corrected chi connectivity index (χ1v) is 7.35. The van der Waals surface area contributed by atoms with Crippen molar-refractivity contribution in [3.63, 3.8) is 0 Å². The number of carbonyl (C=O) groups is 1. The first kappa shape index (κ1) is 16.2. The molecule has 0 spiro atoms. The van der Waals surface area contributed by atoms with E-state index in [-0.39, 0.29) is 17.2 Å². The Kier molecular flexibility index (Phi) is 4.42. The highest BCUT2D eigenvalue weighted by atomic mass is 16.5. The Labute approximate surface area is 142 Å². The van der Waals surface area contributed by atoms with Crippen LogP contribution in [0.5, 0.6) is 5.75 Å². The Morgan fingerprint density at radius 2 is 1.76 bits per heavy atom. The molecule has 0 aliphatic carbocycles. The third-order valence-electron chi connectivity index (χ3n) is 3.49. The van der Waals surface area contributed by atoms with Crippen LogP contribution in [-0.2, 0) is 0 Å². The van der Waals surface area contributed by atoms with Gasteiger partial charge in [-0.05, 0) is 48.5 Å². The number of H-pyrrole nitrogens is 1. The molecule has 0 saturated heterocycles. The maximum absolute atomic E-state index is 12.2. The summed E-state index contributed by atoms with van der Waals surface area (Å²) in [5, 5.41) is 10.9. The Hall–Kier alpha value is -3.68. The molecule has 1 amide bonds. The average molecular weight is 337 g/mol. The molecule has 4 N–H and O–H groups in total. The lowest BCUT2D eigenvalue weighted by molar-refractivity contribution is 0.100. The van der Waals surface area contributed by atoms with Gasteiger partial charge in [-0.15, -0.1) is 10.2 Å². The zero-order chi connectivity index (χ0) is 17.8. The number of methoxy groups -OCH3 is 1. The molecular formula is C17H15N5O3. The number of benzene rings is 2. The molecule has 0 atom stereocenters. The second kappa shape index (κ2) is 6.83. The van der Waals surface area contributed by atoms with Crippen molar-refractivity contribution < 1.29 is 9.53 Å². The van der Waals surface area contributed by atoms with E-state index in [2.05, 4.69) is 20.5 Å². The Balaban J connectivity index is 1.81. The number of hydrogen-bond acceptors (Lipinski definition) is 6. The molecule has 8 nitrogen and oxygen atoms in total. The predicted octanol–water partition coefficient (Wildman–Crippen LogP) is 1.68. The summed E-state index contributed by atoms with van der Waals surface area (Å²) in [6.07, 6.45) is 0.